The number of hydrogen-bond donors (Lipinski definition) is 6. The third-order valence-corrected chi connectivity index (χ3v) is 11.7. The van der Waals surface area contributed by atoms with Gasteiger partial charge < -0.3 is 32.5 Å². The molecule has 0 saturated heterocycles. The first-order chi connectivity index (χ1) is 36.3. The number of amides is 3. The number of carboxylic acid groups (broad SMARTS) is 1. The molecule has 0 atom stereocenters. The number of anilines is 2. The topological polar surface area (TPSA) is 284 Å². The largest absolute Gasteiger partial charge is 0.480 e. The molecule has 24 heteroatoms. The molecule has 20 nitrogen and oxygen atoms in total. The number of aliphatic carboxylic acids is 1. The first kappa shape index (κ1) is 59.4. The van der Waals surface area contributed by atoms with Crippen LogP contribution >= 0.6 is 23.2 Å². The molecular weight excluding hydrogens is 1040 g/mol. The SMILES string of the molecule is C.CC(C)N(CC(=O)NCc1cccc(Cl)c1F)n1nc(C(N)=O)c2cc(Cc3cncnc3)ccc21.CC(C)NCC(=O)CCc1cccc(Cl)c1F.NC(=O)c1nn(CC(=O)O)c2ccc(Nc3cncnc3)cc12. The van der Waals surface area contributed by atoms with Gasteiger partial charge in [-0.05, 0) is 79.4 Å². The summed E-state index contributed by atoms with van der Waals surface area (Å²) in [7, 11) is 0. The minimum atomic E-state index is -1.06. The summed E-state index contributed by atoms with van der Waals surface area (Å²) >= 11 is 11.5. The first-order valence-corrected chi connectivity index (χ1v) is 24.3. The summed E-state index contributed by atoms with van der Waals surface area (Å²) in [6.45, 7) is 7.61. The molecule has 0 aliphatic rings. The highest BCUT2D eigenvalue weighted by atomic mass is 35.5. The lowest BCUT2D eigenvalue weighted by atomic mass is 10.0. The van der Waals surface area contributed by atoms with Crippen molar-refractivity contribution < 1.29 is 37.9 Å². The number of fused-ring (bicyclic) bond motifs is 2. The fourth-order valence-electron chi connectivity index (χ4n) is 7.48. The maximum Gasteiger partial charge on any atom is 0.325 e. The maximum atomic E-state index is 14.2. The number of rotatable bonds is 20. The molecule has 0 aliphatic carbocycles. The second-order valence-corrected chi connectivity index (χ2v) is 18.4. The van der Waals surface area contributed by atoms with Gasteiger partial charge in [0.15, 0.2) is 11.4 Å². The molecule has 77 heavy (non-hydrogen) atoms. The Morgan fingerprint density at radius 3 is 1.92 bits per heavy atom. The quantitative estimate of drug-likeness (QED) is 0.0435. The number of hydrogen-bond acceptors (Lipinski definition) is 14. The van der Waals surface area contributed by atoms with Gasteiger partial charge in [0, 0.05) is 65.9 Å². The predicted molar refractivity (Wildman–Crippen MR) is 290 cm³/mol. The van der Waals surface area contributed by atoms with Gasteiger partial charge in [-0.2, -0.15) is 9.89 Å². The Labute approximate surface area is 452 Å². The van der Waals surface area contributed by atoms with E-state index in [0.29, 0.717) is 64.6 Å². The van der Waals surface area contributed by atoms with Crippen LogP contribution < -0.4 is 32.4 Å². The Hall–Kier alpha value is -8.47. The monoisotopic (exact) mass is 1090 g/mol. The Morgan fingerprint density at radius 1 is 0.727 bits per heavy atom. The number of nitrogens with zero attached hydrogens (tertiary/aromatic N) is 9. The van der Waals surface area contributed by atoms with Gasteiger partial charge in [-0.15, -0.1) is 5.10 Å². The fraction of sp³-hybridized carbons (Fsp3) is 0.264. The molecular formula is C53H58Cl2F2N14O6. The van der Waals surface area contributed by atoms with Crippen LogP contribution in [0.15, 0.2) is 110 Å². The van der Waals surface area contributed by atoms with Crippen molar-refractivity contribution in [2.75, 3.05) is 23.4 Å². The summed E-state index contributed by atoms with van der Waals surface area (Å²) in [5.74, 6) is -3.72. The fourth-order valence-corrected chi connectivity index (χ4v) is 7.87. The van der Waals surface area contributed by atoms with Crippen molar-refractivity contribution in [2.24, 2.45) is 11.5 Å². The number of benzene rings is 4. The molecule has 0 spiro atoms. The maximum absolute atomic E-state index is 14.2. The van der Waals surface area contributed by atoms with Crippen LogP contribution in [0.1, 0.15) is 84.8 Å². The number of aromatic nitrogens is 8. The first-order valence-electron chi connectivity index (χ1n) is 23.5. The molecule has 8 rings (SSSR count). The Balaban J connectivity index is 0.000000229. The summed E-state index contributed by atoms with van der Waals surface area (Å²) in [6, 6.07) is 20.3. The Morgan fingerprint density at radius 2 is 1.31 bits per heavy atom. The zero-order valence-electron chi connectivity index (χ0n) is 41.7. The van der Waals surface area contributed by atoms with Crippen molar-refractivity contribution in [3.8, 4) is 0 Å². The van der Waals surface area contributed by atoms with Crippen LogP contribution in [0.4, 0.5) is 20.2 Å². The zero-order valence-corrected chi connectivity index (χ0v) is 43.2. The molecule has 0 radical (unpaired) electrons. The number of primary amides is 2. The molecule has 4 aromatic carbocycles. The standard InChI is InChI=1S/C25H25ClFN7O2.C14H12N6O3.C13H17ClFNO.CH4/c1-15(2)33(13-22(35)31-12-18-4-3-5-20(26)23(18)27)34-21-7-6-16(8-17-10-29-14-30-11-17)9-19(21)24(32-34)25(28)36;15-14(23)13-10-3-8(18-9-4-16-7-17-5-9)1-2-11(10)20(19-13)6-12(21)22;1-9(2)16-8-11(17)7-6-10-4-3-5-12(14)13(10)15;/h3-7,9-11,14-15H,8,12-13H2,1-2H3,(H2,28,36)(H,31,35);1-5,7,18H,6H2,(H2,15,23)(H,21,22);3-5,9,16H,6-8H2,1-2H3;1H4. The van der Waals surface area contributed by atoms with E-state index in [9.17, 15) is 32.8 Å². The van der Waals surface area contributed by atoms with Gasteiger partial charge in [0.25, 0.3) is 11.8 Å². The van der Waals surface area contributed by atoms with Crippen LogP contribution in [0.3, 0.4) is 0 Å². The van der Waals surface area contributed by atoms with Gasteiger partial charge in [0.2, 0.25) is 5.91 Å². The molecule has 404 valence electrons. The van der Waals surface area contributed by atoms with Crippen molar-refractivity contribution in [1.29, 1.82) is 0 Å². The number of nitrogens with one attached hydrogen (secondary N) is 3. The number of halogens is 4. The second-order valence-electron chi connectivity index (χ2n) is 17.6. The normalized spacial score (nSPS) is 10.8. The number of nitrogens with two attached hydrogens (primary N) is 2. The number of carbonyl (C=O) groups is 5. The van der Waals surface area contributed by atoms with E-state index >= 15 is 0 Å². The molecule has 3 amide bonds. The van der Waals surface area contributed by atoms with Crippen LogP contribution in [0.25, 0.3) is 21.8 Å². The van der Waals surface area contributed by atoms with Crippen LogP contribution in [0, 0.1) is 11.6 Å². The van der Waals surface area contributed by atoms with Crippen molar-refractivity contribution in [1.82, 2.24) is 50.2 Å². The second kappa shape index (κ2) is 27.9. The van der Waals surface area contributed by atoms with Crippen molar-refractivity contribution in [2.45, 2.75) is 79.6 Å². The van der Waals surface area contributed by atoms with Crippen LogP contribution in [-0.4, -0.2) is 99.4 Å². The van der Waals surface area contributed by atoms with Gasteiger partial charge >= 0.3 is 5.97 Å². The number of aryl methyl sites for hydroxylation is 1. The molecule has 8 aromatic rings. The van der Waals surface area contributed by atoms with Crippen molar-refractivity contribution in [3.05, 3.63) is 166 Å². The van der Waals surface area contributed by atoms with Crippen LogP contribution in [-0.2, 0) is 40.3 Å². The lowest BCUT2D eigenvalue weighted by Gasteiger charge is -2.28. The Kier molecular flexibility index (Phi) is 21.5. The minimum absolute atomic E-state index is 0. The van der Waals surface area contributed by atoms with Crippen molar-refractivity contribution in [3.63, 3.8) is 0 Å². The van der Waals surface area contributed by atoms with Gasteiger partial charge in [0.1, 0.15) is 43.2 Å². The average molecular weight is 1100 g/mol. The molecule has 0 fully saturated rings. The molecule has 0 bridgehead atoms. The molecule has 0 aliphatic heterocycles. The van der Waals surface area contributed by atoms with E-state index in [1.807, 2.05) is 45.9 Å². The van der Waals surface area contributed by atoms with E-state index in [1.165, 1.54) is 34.3 Å². The average Bonchev–Trinajstić information content (AvgIpc) is 3.97. The molecule has 0 saturated carbocycles. The summed E-state index contributed by atoms with van der Waals surface area (Å²) in [5, 5.41) is 29.0. The van der Waals surface area contributed by atoms with Gasteiger partial charge in [-0.3, -0.25) is 33.7 Å². The lowest BCUT2D eigenvalue weighted by Crippen LogP contribution is -2.47. The third kappa shape index (κ3) is 16.5. The van der Waals surface area contributed by atoms with Crippen molar-refractivity contribution >= 4 is 85.9 Å². The number of carbonyl (C=O) groups excluding carboxylic acids is 4. The summed E-state index contributed by atoms with van der Waals surface area (Å²) in [5.41, 5.74) is 16.2. The number of ketones is 1. The number of Topliss-reactive ketones (excluding diaryl/α,β-unsaturated/α-hetero) is 1. The molecule has 4 aromatic heterocycles. The van der Waals surface area contributed by atoms with E-state index in [1.54, 1.807) is 72.3 Å². The molecule has 0 unspecified atom stereocenters. The van der Waals surface area contributed by atoms with E-state index in [-0.39, 0.29) is 77.8 Å². The summed E-state index contributed by atoms with van der Waals surface area (Å²) in [6.07, 6.45) is 10.8. The van der Waals surface area contributed by atoms with E-state index in [2.05, 4.69) is 46.1 Å². The zero-order chi connectivity index (χ0) is 55.1. The van der Waals surface area contributed by atoms with E-state index in [4.69, 9.17) is 39.8 Å². The van der Waals surface area contributed by atoms with E-state index in [0.717, 1.165) is 11.1 Å². The molecule has 8 N–H and O–H groups in total. The Bertz CT molecular complexity index is 3340. The highest BCUT2D eigenvalue weighted by molar-refractivity contribution is 6.31. The summed E-state index contributed by atoms with van der Waals surface area (Å²) in [4.78, 5) is 76.3. The minimum Gasteiger partial charge on any atom is -0.480 e. The highest BCUT2D eigenvalue weighted by Gasteiger charge is 2.23. The van der Waals surface area contributed by atoms with Gasteiger partial charge in [0.05, 0.1) is 45.7 Å². The predicted octanol–water partition coefficient (Wildman–Crippen LogP) is 7.34. The van der Waals surface area contributed by atoms with Gasteiger partial charge in [-0.1, -0.05) is 74.8 Å². The smallest absolute Gasteiger partial charge is 0.325 e. The number of carboxylic acids is 1. The summed E-state index contributed by atoms with van der Waals surface area (Å²) < 4.78 is 28.9. The van der Waals surface area contributed by atoms with E-state index < -0.39 is 29.4 Å². The van der Waals surface area contributed by atoms with Crippen LogP contribution in [0.2, 0.25) is 10.0 Å². The highest BCUT2D eigenvalue weighted by Crippen LogP contribution is 2.26. The lowest BCUT2D eigenvalue weighted by molar-refractivity contribution is -0.137. The van der Waals surface area contributed by atoms with Crippen LogP contribution in [0.5, 0.6) is 0 Å². The van der Waals surface area contributed by atoms with Gasteiger partial charge in [-0.25, -0.2) is 28.7 Å². The molecule has 4 heterocycles. The third-order valence-electron chi connectivity index (χ3n) is 11.2.